The van der Waals surface area contributed by atoms with Crippen LogP contribution in [-0.4, -0.2) is 0 Å². The Morgan fingerprint density at radius 2 is 1.37 bits per heavy atom. The maximum absolute atomic E-state index is 12.5. The molecule has 3 nitrogen and oxygen atoms in total. The Morgan fingerprint density at radius 1 is 0.895 bits per heavy atom. The van der Waals surface area contributed by atoms with Crippen LogP contribution in [0.4, 0.5) is 32.0 Å². The second kappa shape index (κ2) is 4.69. The lowest BCUT2D eigenvalue weighted by molar-refractivity contribution is -0.162. The Balaban J connectivity index is 3.65. The van der Waals surface area contributed by atoms with Crippen molar-refractivity contribution in [2.45, 2.75) is 12.4 Å². The van der Waals surface area contributed by atoms with Gasteiger partial charge in [-0.25, -0.2) is 0 Å². The summed E-state index contributed by atoms with van der Waals surface area (Å²) in [6.45, 7) is 0. The van der Waals surface area contributed by atoms with Crippen LogP contribution >= 0.6 is 0 Å². The zero-order chi connectivity index (χ0) is 14.8. The number of alkyl halides is 6. The van der Waals surface area contributed by atoms with Gasteiger partial charge in [0.25, 0.3) is 0 Å². The number of halogens is 6. The van der Waals surface area contributed by atoms with Crippen LogP contribution in [0.2, 0.25) is 0 Å². The number of hydrogen-bond donors (Lipinski definition) is 1. The first-order valence-corrected chi connectivity index (χ1v) is 4.49. The maximum atomic E-state index is 12.5. The van der Waals surface area contributed by atoms with E-state index in [4.69, 9.17) is 10.5 Å². The van der Waals surface area contributed by atoms with Gasteiger partial charge in [0.15, 0.2) is 6.19 Å². The third kappa shape index (κ3) is 3.07. The highest BCUT2D eigenvalue weighted by atomic mass is 19.4. The topological polar surface area (TPSA) is 59.6 Å². The van der Waals surface area contributed by atoms with E-state index in [1.165, 1.54) is 12.3 Å². The van der Waals surface area contributed by atoms with Crippen LogP contribution < -0.4 is 5.32 Å². The van der Waals surface area contributed by atoms with Gasteiger partial charge in [-0.1, -0.05) is 0 Å². The lowest BCUT2D eigenvalue weighted by Crippen LogP contribution is -2.17. The summed E-state index contributed by atoms with van der Waals surface area (Å²) in [5, 5.41) is 18.6. The van der Waals surface area contributed by atoms with Gasteiger partial charge in [-0.3, -0.25) is 5.32 Å². The molecule has 0 aliphatic carbocycles. The van der Waals surface area contributed by atoms with E-state index in [2.05, 4.69) is 0 Å². The molecule has 100 valence electrons. The molecule has 9 heteroatoms. The van der Waals surface area contributed by atoms with Crippen LogP contribution in [0.15, 0.2) is 12.1 Å². The summed E-state index contributed by atoms with van der Waals surface area (Å²) in [4.78, 5) is 0. The van der Waals surface area contributed by atoms with Crippen LogP contribution in [0.25, 0.3) is 0 Å². The Hall–Kier alpha value is -2.42. The Labute approximate surface area is 102 Å². The van der Waals surface area contributed by atoms with Gasteiger partial charge in [-0.2, -0.15) is 36.9 Å². The van der Waals surface area contributed by atoms with E-state index in [1.807, 2.05) is 0 Å². The largest absolute Gasteiger partial charge is 0.417 e. The van der Waals surface area contributed by atoms with Crippen LogP contribution in [0.5, 0.6) is 0 Å². The highest BCUT2D eigenvalue weighted by Gasteiger charge is 2.43. The molecular formula is C10H3F6N3. The van der Waals surface area contributed by atoms with Gasteiger partial charge in [0.2, 0.25) is 0 Å². The molecule has 0 saturated carbocycles. The van der Waals surface area contributed by atoms with Gasteiger partial charge in [0.05, 0.1) is 22.4 Å². The summed E-state index contributed by atoms with van der Waals surface area (Å²) in [7, 11) is 0. The van der Waals surface area contributed by atoms with Gasteiger partial charge < -0.3 is 0 Å². The van der Waals surface area contributed by atoms with E-state index < -0.39 is 34.7 Å². The molecule has 1 aromatic rings. The average molecular weight is 279 g/mol. The predicted octanol–water partition coefficient (Wildman–Crippen LogP) is 3.49. The van der Waals surface area contributed by atoms with Crippen molar-refractivity contribution in [2.24, 2.45) is 0 Å². The van der Waals surface area contributed by atoms with Gasteiger partial charge in [-0.05, 0) is 12.1 Å². The minimum absolute atomic E-state index is 0.0580. The molecule has 0 aliphatic heterocycles. The summed E-state index contributed by atoms with van der Waals surface area (Å²) < 4.78 is 75.2. The zero-order valence-electron chi connectivity index (χ0n) is 8.82. The molecule has 0 amide bonds. The number of nitriles is 2. The van der Waals surface area contributed by atoms with E-state index in [1.54, 1.807) is 5.32 Å². The molecule has 0 aromatic heterocycles. The quantitative estimate of drug-likeness (QED) is 0.486. The standard InChI is InChI=1S/C10H3F6N3/c11-9(12,13)6-1-5(3-17)8(19-4-18)2-7(6)10(14,15)16/h1-2,19H. The minimum Gasteiger partial charge on any atom is -0.291 e. The van der Waals surface area contributed by atoms with Crippen LogP contribution in [0.3, 0.4) is 0 Å². The smallest absolute Gasteiger partial charge is 0.291 e. The third-order valence-electron chi connectivity index (χ3n) is 2.08. The second-order valence-corrected chi connectivity index (χ2v) is 3.29. The lowest BCUT2D eigenvalue weighted by atomic mass is 10.0. The molecule has 0 fully saturated rings. The number of hydrogen-bond acceptors (Lipinski definition) is 3. The molecule has 19 heavy (non-hydrogen) atoms. The fourth-order valence-corrected chi connectivity index (χ4v) is 1.32. The van der Waals surface area contributed by atoms with Crippen molar-refractivity contribution in [3.8, 4) is 12.3 Å². The number of anilines is 1. The molecule has 0 radical (unpaired) electrons. The lowest BCUT2D eigenvalue weighted by Gasteiger charge is -2.17. The molecule has 0 heterocycles. The van der Waals surface area contributed by atoms with Crippen LogP contribution in [-0.2, 0) is 12.4 Å². The normalized spacial score (nSPS) is 11.6. The van der Waals surface area contributed by atoms with Crippen LogP contribution in [0.1, 0.15) is 16.7 Å². The SMILES string of the molecule is N#CNc1cc(C(F)(F)F)c(C(F)(F)F)cc1C#N. The molecule has 0 bridgehead atoms. The molecule has 0 aliphatic rings. The molecule has 1 rings (SSSR count). The van der Waals surface area contributed by atoms with Crippen molar-refractivity contribution >= 4 is 5.69 Å². The fraction of sp³-hybridized carbons (Fsp3) is 0.200. The van der Waals surface area contributed by atoms with Gasteiger partial charge in [-0.15, -0.1) is 0 Å². The van der Waals surface area contributed by atoms with Crippen molar-refractivity contribution in [1.29, 1.82) is 10.5 Å². The highest BCUT2D eigenvalue weighted by Crippen LogP contribution is 2.42. The first-order chi connectivity index (χ1) is 8.61. The number of benzene rings is 1. The van der Waals surface area contributed by atoms with Crippen molar-refractivity contribution in [1.82, 2.24) is 0 Å². The summed E-state index contributed by atoms with van der Waals surface area (Å²) in [6, 6.07) is 1.44. The van der Waals surface area contributed by atoms with Gasteiger partial charge in [0, 0.05) is 0 Å². The van der Waals surface area contributed by atoms with E-state index in [0.717, 1.165) is 0 Å². The Bertz CT molecular complexity index is 573. The minimum atomic E-state index is -5.26. The zero-order valence-corrected chi connectivity index (χ0v) is 8.82. The molecule has 0 unspecified atom stereocenters. The van der Waals surface area contributed by atoms with Crippen molar-refractivity contribution in [3.63, 3.8) is 0 Å². The highest BCUT2D eigenvalue weighted by molar-refractivity contribution is 5.63. The predicted molar refractivity (Wildman–Crippen MR) is 50.4 cm³/mol. The summed E-state index contributed by atoms with van der Waals surface area (Å²) in [5.74, 6) is 0. The van der Waals surface area contributed by atoms with E-state index in [-0.39, 0.29) is 12.1 Å². The maximum Gasteiger partial charge on any atom is 0.417 e. The van der Waals surface area contributed by atoms with E-state index in [9.17, 15) is 26.3 Å². The van der Waals surface area contributed by atoms with Crippen molar-refractivity contribution in [2.75, 3.05) is 5.32 Å². The Kier molecular flexibility index (Phi) is 3.61. The van der Waals surface area contributed by atoms with Crippen LogP contribution in [0, 0.1) is 22.8 Å². The number of nitrogens with one attached hydrogen (secondary N) is 1. The summed E-state index contributed by atoms with van der Waals surface area (Å²) in [5.41, 5.74) is -5.27. The van der Waals surface area contributed by atoms with Crippen molar-refractivity contribution in [3.05, 3.63) is 28.8 Å². The molecule has 0 spiro atoms. The summed E-state index contributed by atoms with van der Waals surface area (Å²) in [6.07, 6.45) is -9.28. The second-order valence-electron chi connectivity index (χ2n) is 3.29. The molecule has 0 saturated heterocycles. The van der Waals surface area contributed by atoms with E-state index in [0.29, 0.717) is 0 Å². The fourth-order valence-electron chi connectivity index (χ4n) is 1.32. The Morgan fingerprint density at radius 3 is 1.74 bits per heavy atom. The monoisotopic (exact) mass is 279 g/mol. The van der Waals surface area contributed by atoms with Crippen molar-refractivity contribution < 1.29 is 26.3 Å². The number of rotatable bonds is 1. The summed E-state index contributed by atoms with van der Waals surface area (Å²) >= 11 is 0. The van der Waals surface area contributed by atoms with Gasteiger partial charge in [0.1, 0.15) is 6.07 Å². The first-order valence-electron chi connectivity index (χ1n) is 4.49. The first kappa shape index (κ1) is 14.6. The molecular weight excluding hydrogens is 276 g/mol. The average Bonchev–Trinajstić information content (AvgIpc) is 2.26. The van der Waals surface area contributed by atoms with Gasteiger partial charge >= 0.3 is 12.4 Å². The third-order valence-corrected chi connectivity index (χ3v) is 2.08. The molecule has 1 N–H and O–H groups in total. The van der Waals surface area contributed by atoms with E-state index >= 15 is 0 Å². The number of nitrogens with zero attached hydrogens (tertiary/aromatic N) is 2. The molecule has 0 atom stereocenters. The molecule has 1 aromatic carbocycles.